The van der Waals surface area contributed by atoms with E-state index in [1.165, 1.54) is 30.4 Å². The number of hydrogen-bond acceptors (Lipinski definition) is 3. The summed E-state index contributed by atoms with van der Waals surface area (Å²) in [6.07, 6.45) is 3.71. The van der Waals surface area contributed by atoms with Crippen LogP contribution >= 0.6 is 11.8 Å². The Bertz CT molecular complexity index is 444. The summed E-state index contributed by atoms with van der Waals surface area (Å²) in [5.41, 5.74) is 3.05. The van der Waals surface area contributed by atoms with Crippen LogP contribution in [0.2, 0.25) is 0 Å². The van der Waals surface area contributed by atoms with Crippen LogP contribution in [0.3, 0.4) is 0 Å². The van der Waals surface area contributed by atoms with Gasteiger partial charge in [-0.3, -0.25) is 0 Å². The fourth-order valence-electron chi connectivity index (χ4n) is 3.59. The maximum absolute atomic E-state index is 5.49. The summed E-state index contributed by atoms with van der Waals surface area (Å²) in [7, 11) is 2.11. The molecule has 3 unspecified atom stereocenters. The van der Waals surface area contributed by atoms with Crippen molar-refractivity contribution in [3.8, 4) is 0 Å². The van der Waals surface area contributed by atoms with Crippen molar-refractivity contribution in [2.45, 2.75) is 48.6 Å². The molecule has 1 aromatic carbocycles. The highest BCUT2D eigenvalue weighted by Crippen LogP contribution is 2.44. The molecule has 1 aromatic rings. The molecule has 0 saturated carbocycles. The van der Waals surface area contributed by atoms with Crippen LogP contribution in [-0.4, -0.2) is 30.8 Å². The molecule has 3 heteroatoms. The third-order valence-electron chi connectivity index (χ3n) is 4.67. The minimum absolute atomic E-state index is 0.496. The zero-order chi connectivity index (χ0) is 13.9. The van der Waals surface area contributed by atoms with Gasteiger partial charge in [0, 0.05) is 29.8 Å². The van der Waals surface area contributed by atoms with Crippen LogP contribution in [0, 0.1) is 0 Å². The van der Waals surface area contributed by atoms with Gasteiger partial charge in [-0.15, -0.1) is 0 Å². The van der Waals surface area contributed by atoms with Crippen LogP contribution in [0.1, 0.15) is 49.3 Å². The standard InChI is InChI=1S/C17H25NOS/c1-12-11-16(20-13-7-9-19-10-8-13)17(18-2)15-6-4-3-5-14(12)15/h3-6,12-13,16-18H,7-11H2,1-2H3. The first-order valence-corrected chi connectivity index (χ1v) is 8.73. The lowest BCUT2D eigenvalue weighted by Crippen LogP contribution is -2.35. The molecular formula is C17H25NOS. The molecule has 0 radical (unpaired) electrons. The van der Waals surface area contributed by atoms with Crippen molar-refractivity contribution in [3.05, 3.63) is 35.4 Å². The van der Waals surface area contributed by atoms with E-state index in [0.29, 0.717) is 17.2 Å². The van der Waals surface area contributed by atoms with E-state index in [2.05, 4.69) is 55.3 Å². The molecule has 0 amide bonds. The Morgan fingerprint density at radius 1 is 1.15 bits per heavy atom. The Labute approximate surface area is 126 Å². The summed E-state index contributed by atoms with van der Waals surface area (Å²) in [6.45, 7) is 4.27. The van der Waals surface area contributed by atoms with Gasteiger partial charge >= 0.3 is 0 Å². The van der Waals surface area contributed by atoms with Crippen molar-refractivity contribution in [3.63, 3.8) is 0 Å². The number of ether oxygens (including phenoxy) is 1. The Balaban J connectivity index is 1.78. The monoisotopic (exact) mass is 291 g/mol. The summed E-state index contributed by atoms with van der Waals surface area (Å²) in [5.74, 6) is 0.674. The molecule has 20 heavy (non-hydrogen) atoms. The highest BCUT2D eigenvalue weighted by atomic mass is 32.2. The molecule has 2 nitrogen and oxygen atoms in total. The molecule has 0 aromatic heterocycles. The first-order chi connectivity index (χ1) is 9.79. The Kier molecular flexibility index (Phi) is 4.69. The van der Waals surface area contributed by atoms with Crippen molar-refractivity contribution in [1.82, 2.24) is 5.32 Å². The second-order valence-corrected chi connectivity index (χ2v) is 7.56. The highest BCUT2D eigenvalue weighted by Gasteiger charge is 2.34. The van der Waals surface area contributed by atoms with Crippen molar-refractivity contribution < 1.29 is 4.74 Å². The lowest BCUT2D eigenvalue weighted by molar-refractivity contribution is 0.0998. The maximum atomic E-state index is 5.49. The molecule has 0 spiro atoms. The lowest BCUT2D eigenvalue weighted by Gasteiger charge is -2.38. The van der Waals surface area contributed by atoms with E-state index < -0.39 is 0 Å². The summed E-state index contributed by atoms with van der Waals surface area (Å²) >= 11 is 2.20. The van der Waals surface area contributed by atoms with Crippen molar-refractivity contribution in [2.24, 2.45) is 0 Å². The largest absolute Gasteiger partial charge is 0.381 e. The summed E-state index contributed by atoms with van der Waals surface area (Å²) < 4.78 is 5.49. The molecule has 1 N–H and O–H groups in total. The van der Waals surface area contributed by atoms with E-state index in [1.54, 1.807) is 0 Å². The van der Waals surface area contributed by atoms with Crippen LogP contribution < -0.4 is 5.32 Å². The third kappa shape index (κ3) is 2.90. The topological polar surface area (TPSA) is 21.3 Å². The fraction of sp³-hybridized carbons (Fsp3) is 0.647. The van der Waals surface area contributed by atoms with E-state index >= 15 is 0 Å². The van der Waals surface area contributed by atoms with Gasteiger partial charge in [0.1, 0.15) is 0 Å². The van der Waals surface area contributed by atoms with Crippen LogP contribution in [0.25, 0.3) is 0 Å². The van der Waals surface area contributed by atoms with Gasteiger partial charge in [-0.25, -0.2) is 0 Å². The second-order valence-electron chi connectivity index (χ2n) is 6.02. The number of nitrogens with one attached hydrogen (secondary N) is 1. The SMILES string of the molecule is CNC1c2ccccc2C(C)CC1SC1CCOCC1. The van der Waals surface area contributed by atoms with Gasteiger partial charge in [-0.05, 0) is 43.4 Å². The third-order valence-corrected chi connectivity index (χ3v) is 6.34. The molecule has 2 aliphatic rings. The molecule has 0 bridgehead atoms. The second kappa shape index (κ2) is 6.50. The molecule has 3 rings (SSSR count). The van der Waals surface area contributed by atoms with Gasteiger partial charge in [0.25, 0.3) is 0 Å². The van der Waals surface area contributed by atoms with E-state index in [4.69, 9.17) is 4.74 Å². The highest BCUT2D eigenvalue weighted by molar-refractivity contribution is 8.00. The molecule has 1 heterocycles. The summed E-state index contributed by atoms with van der Waals surface area (Å²) in [6, 6.07) is 9.46. The summed E-state index contributed by atoms with van der Waals surface area (Å²) in [5, 5.41) is 5.04. The molecule has 1 fully saturated rings. The number of hydrogen-bond donors (Lipinski definition) is 1. The van der Waals surface area contributed by atoms with Gasteiger partial charge < -0.3 is 10.1 Å². The van der Waals surface area contributed by atoms with Crippen LogP contribution in [0.4, 0.5) is 0 Å². The van der Waals surface area contributed by atoms with E-state index in [-0.39, 0.29) is 0 Å². The number of benzene rings is 1. The maximum Gasteiger partial charge on any atom is 0.0476 e. The predicted octanol–water partition coefficient (Wildman–Crippen LogP) is 3.74. The molecule has 1 saturated heterocycles. The van der Waals surface area contributed by atoms with Crippen molar-refractivity contribution >= 4 is 11.8 Å². The van der Waals surface area contributed by atoms with E-state index in [1.807, 2.05) is 0 Å². The van der Waals surface area contributed by atoms with Crippen molar-refractivity contribution in [1.29, 1.82) is 0 Å². The zero-order valence-corrected chi connectivity index (χ0v) is 13.3. The molecular weight excluding hydrogens is 266 g/mol. The van der Waals surface area contributed by atoms with Crippen molar-refractivity contribution in [2.75, 3.05) is 20.3 Å². The average Bonchev–Trinajstić information content (AvgIpc) is 2.49. The Morgan fingerprint density at radius 2 is 1.85 bits per heavy atom. The van der Waals surface area contributed by atoms with Crippen LogP contribution in [0.5, 0.6) is 0 Å². The Hall–Kier alpha value is -0.510. The Morgan fingerprint density at radius 3 is 2.55 bits per heavy atom. The summed E-state index contributed by atoms with van der Waals surface area (Å²) in [4.78, 5) is 0. The first-order valence-electron chi connectivity index (χ1n) is 7.79. The van der Waals surface area contributed by atoms with Gasteiger partial charge in [-0.1, -0.05) is 31.2 Å². The van der Waals surface area contributed by atoms with Crippen LogP contribution in [-0.2, 0) is 4.74 Å². The smallest absolute Gasteiger partial charge is 0.0476 e. The normalized spacial score (nSPS) is 31.0. The number of thioether (sulfide) groups is 1. The molecule has 1 aliphatic heterocycles. The van der Waals surface area contributed by atoms with Crippen LogP contribution in [0.15, 0.2) is 24.3 Å². The van der Waals surface area contributed by atoms with Gasteiger partial charge in [0.15, 0.2) is 0 Å². The predicted molar refractivity (Wildman–Crippen MR) is 86.5 cm³/mol. The van der Waals surface area contributed by atoms with Gasteiger partial charge in [0.05, 0.1) is 0 Å². The first kappa shape index (κ1) is 14.4. The molecule has 1 aliphatic carbocycles. The fourth-order valence-corrected chi connectivity index (χ4v) is 5.39. The van der Waals surface area contributed by atoms with E-state index in [9.17, 15) is 0 Å². The number of rotatable bonds is 3. The minimum Gasteiger partial charge on any atom is -0.381 e. The quantitative estimate of drug-likeness (QED) is 0.917. The van der Waals surface area contributed by atoms with E-state index in [0.717, 1.165) is 18.5 Å². The van der Waals surface area contributed by atoms with Gasteiger partial charge in [0.2, 0.25) is 0 Å². The average molecular weight is 291 g/mol. The molecule has 110 valence electrons. The minimum atomic E-state index is 0.496. The lowest BCUT2D eigenvalue weighted by atomic mass is 9.81. The molecule has 3 atom stereocenters. The van der Waals surface area contributed by atoms with Gasteiger partial charge in [-0.2, -0.15) is 11.8 Å². The zero-order valence-electron chi connectivity index (χ0n) is 12.5. The number of fused-ring (bicyclic) bond motifs is 1.